The number of aryl methyl sites for hydroxylation is 1. The molecule has 6 nitrogen and oxygen atoms in total. The molecule has 0 saturated carbocycles. The molecule has 1 aliphatic rings. The number of carbonyl (C=O) groups excluding carboxylic acids is 2. The largest absolute Gasteiger partial charge is 0.396 e. The van der Waals surface area contributed by atoms with E-state index in [4.69, 9.17) is 5.11 Å². The maximum atomic E-state index is 12.8. The number of hydrogen-bond acceptors (Lipinski definition) is 4. The van der Waals surface area contributed by atoms with Crippen LogP contribution in [-0.2, 0) is 16.1 Å². The average Bonchev–Trinajstić information content (AvgIpc) is 2.60. The first-order valence-corrected chi connectivity index (χ1v) is 9.40. The molecule has 26 heavy (non-hydrogen) atoms. The van der Waals surface area contributed by atoms with Gasteiger partial charge in [-0.25, -0.2) is 0 Å². The highest BCUT2D eigenvalue weighted by Crippen LogP contribution is 2.18. The molecule has 1 heterocycles. The zero-order valence-corrected chi connectivity index (χ0v) is 16.1. The van der Waals surface area contributed by atoms with E-state index < -0.39 is 6.04 Å². The van der Waals surface area contributed by atoms with E-state index in [9.17, 15) is 9.59 Å². The van der Waals surface area contributed by atoms with Crippen molar-refractivity contribution >= 4 is 11.8 Å². The van der Waals surface area contributed by atoms with E-state index >= 15 is 0 Å². The number of nitrogens with one attached hydrogen (secondary N) is 1. The Balaban J connectivity index is 2.10. The van der Waals surface area contributed by atoms with Crippen LogP contribution in [0.3, 0.4) is 0 Å². The van der Waals surface area contributed by atoms with Gasteiger partial charge in [0, 0.05) is 38.8 Å². The second kappa shape index (κ2) is 9.69. The topological polar surface area (TPSA) is 72.9 Å². The van der Waals surface area contributed by atoms with Gasteiger partial charge in [-0.05, 0) is 38.3 Å². The lowest BCUT2D eigenvalue weighted by molar-refractivity contribution is -0.140. The van der Waals surface area contributed by atoms with Gasteiger partial charge in [-0.15, -0.1) is 0 Å². The van der Waals surface area contributed by atoms with Gasteiger partial charge in [0.05, 0.1) is 12.5 Å². The first-order chi connectivity index (χ1) is 12.4. The Kier molecular flexibility index (Phi) is 7.60. The van der Waals surface area contributed by atoms with Crippen molar-refractivity contribution in [2.75, 3.05) is 26.2 Å². The van der Waals surface area contributed by atoms with Crippen LogP contribution in [0.4, 0.5) is 0 Å². The quantitative estimate of drug-likeness (QED) is 0.732. The molecule has 0 bridgehead atoms. The van der Waals surface area contributed by atoms with E-state index in [1.54, 1.807) is 4.90 Å². The Hall–Kier alpha value is -1.92. The lowest BCUT2D eigenvalue weighted by atomic mass is 10.0. The normalized spacial score (nSPS) is 18.0. The lowest BCUT2D eigenvalue weighted by Gasteiger charge is -2.36. The van der Waals surface area contributed by atoms with E-state index in [2.05, 4.69) is 29.3 Å². The van der Waals surface area contributed by atoms with Crippen LogP contribution in [0, 0.1) is 6.92 Å². The van der Waals surface area contributed by atoms with Gasteiger partial charge >= 0.3 is 0 Å². The van der Waals surface area contributed by atoms with Gasteiger partial charge in [0.2, 0.25) is 11.8 Å². The molecule has 2 rings (SSSR count). The summed E-state index contributed by atoms with van der Waals surface area (Å²) in [7, 11) is 0. The third kappa shape index (κ3) is 5.29. The monoisotopic (exact) mass is 361 g/mol. The minimum Gasteiger partial charge on any atom is -0.396 e. The number of benzene rings is 1. The van der Waals surface area contributed by atoms with Gasteiger partial charge in [-0.2, -0.15) is 0 Å². The summed E-state index contributed by atoms with van der Waals surface area (Å²) in [6.45, 7) is 8.55. The lowest BCUT2D eigenvalue weighted by Crippen LogP contribution is -2.56. The van der Waals surface area contributed by atoms with Gasteiger partial charge in [0.25, 0.3) is 0 Å². The van der Waals surface area contributed by atoms with Crippen molar-refractivity contribution in [2.45, 2.75) is 52.2 Å². The summed E-state index contributed by atoms with van der Waals surface area (Å²) in [5.41, 5.74) is 2.37. The van der Waals surface area contributed by atoms with Gasteiger partial charge < -0.3 is 15.3 Å². The van der Waals surface area contributed by atoms with E-state index in [-0.39, 0.29) is 30.9 Å². The highest BCUT2D eigenvalue weighted by molar-refractivity contribution is 5.89. The second-order valence-electron chi connectivity index (χ2n) is 7.17. The molecule has 1 saturated heterocycles. The number of rotatable bonds is 8. The number of aliphatic hydroxyl groups is 1. The molecular weight excluding hydrogens is 330 g/mol. The van der Waals surface area contributed by atoms with Crippen molar-refractivity contribution in [1.29, 1.82) is 0 Å². The van der Waals surface area contributed by atoms with Crippen molar-refractivity contribution in [3.63, 3.8) is 0 Å². The molecule has 1 atom stereocenters. The van der Waals surface area contributed by atoms with E-state index in [1.807, 2.05) is 26.0 Å². The van der Waals surface area contributed by atoms with Gasteiger partial charge in [0.15, 0.2) is 0 Å². The van der Waals surface area contributed by atoms with Crippen LogP contribution in [0.1, 0.15) is 37.8 Å². The molecule has 1 aromatic rings. The molecule has 1 fully saturated rings. The number of piperazine rings is 1. The standard InChI is InChI=1S/C20H31N3O3/c1-15(2)23(10-6-12-24)19(25)13-18-20(26)21-9-11-22(18)14-17-8-5-4-7-16(17)3/h4-5,7-8,15,18,24H,6,9-14H2,1-3H3,(H,21,26)/t18-/m1/s1. The molecule has 2 N–H and O–H groups in total. The molecule has 144 valence electrons. The number of aliphatic hydroxyl groups excluding tert-OH is 1. The molecule has 0 aromatic heterocycles. The van der Waals surface area contributed by atoms with Crippen LogP contribution in [-0.4, -0.2) is 65.0 Å². The highest BCUT2D eigenvalue weighted by atomic mass is 16.3. The predicted molar refractivity (Wildman–Crippen MR) is 102 cm³/mol. The van der Waals surface area contributed by atoms with Crippen molar-refractivity contribution < 1.29 is 14.7 Å². The summed E-state index contributed by atoms with van der Waals surface area (Å²) in [6, 6.07) is 7.74. The fraction of sp³-hybridized carbons (Fsp3) is 0.600. The van der Waals surface area contributed by atoms with Gasteiger partial charge in [-0.1, -0.05) is 24.3 Å². The van der Waals surface area contributed by atoms with Crippen LogP contribution < -0.4 is 5.32 Å². The Morgan fingerprint density at radius 3 is 2.77 bits per heavy atom. The number of carbonyl (C=O) groups is 2. The SMILES string of the molecule is Cc1ccccc1CN1CCNC(=O)[C@H]1CC(=O)N(CCCO)C(C)C. The Bertz CT molecular complexity index is 618. The Labute approximate surface area is 156 Å². The minimum absolute atomic E-state index is 0.0368. The summed E-state index contributed by atoms with van der Waals surface area (Å²) in [5.74, 6) is -0.116. The van der Waals surface area contributed by atoms with Crippen molar-refractivity contribution in [1.82, 2.24) is 15.1 Å². The van der Waals surface area contributed by atoms with Crippen molar-refractivity contribution in [2.24, 2.45) is 0 Å². The number of nitrogens with zero attached hydrogens (tertiary/aromatic N) is 2. The predicted octanol–water partition coefficient (Wildman–Crippen LogP) is 1.30. The van der Waals surface area contributed by atoms with Crippen LogP contribution in [0.25, 0.3) is 0 Å². The minimum atomic E-state index is -0.453. The van der Waals surface area contributed by atoms with E-state index in [0.29, 0.717) is 26.1 Å². The zero-order chi connectivity index (χ0) is 19.1. The fourth-order valence-corrected chi connectivity index (χ4v) is 3.37. The van der Waals surface area contributed by atoms with Crippen LogP contribution in [0.2, 0.25) is 0 Å². The zero-order valence-electron chi connectivity index (χ0n) is 16.1. The average molecular weight is 361 g/mol. The summed E-state index contributed by atoms with van der Waals surface area (Å²) < 4.78 is 0. The summed E-state index contributed by atoms with van der Waals surface area (Å²) in [5, 5.41) is 12.0. The van der Waals surface area contributed by atoms with Crippen LogP contribution in [0.15, 0.2) is 24.3 Å². The molecule has 0 aliphatic carbocycles. The first-order valence-electron chi connectivity index (χ1n) is 9.40. The third-order valence-corrected chi connectivity index (χ3v) is 4.95. The highest BCUT2D eigenvalue weighted by Gasteiger charge is 2.33. The van der Waals surface area contributed by atoms with Gasteiger partial charge in [0.1, 0.15) is 0 Å². The number of hydrogen-bond donors (Lipinski definition) is 2. The second-order valence-corrected chi connectivity index (χ2v) is 7.17. The Morgan fingerprint density at radius 1 is 1.38 bits per heavy atom. The molecule has 0 unspecified atom stereocenters. The van der Waals surface area contributed by atoms with Crippen molar-refractivity contribution in [3.05, 3.63) is 35.4 Å². The molecular formula is C20H31N3O3. The maximum absolute atomic E-state index is 12.8. The van der Waals surface area contributed by atoms with E-state index in [0.717, 1.165) is 6.54 Å². The van der Waals surface area contributed by atoms with Gasteiger partial charge in [-0.3, -0.25) is 14.5 Å². The summed E-state index contributed by atoms with van der Waals surface area (Å²) >= 11 is 0. The first kappa shape index (κ1) is 20.4. The maximum Gasteiger partial charge on any atom is 0.237 e. The summed E-state index contributed by atoms with van der Waals surface area (Å²) in [6.07, 6.45) is 0.717. The smallest absolute Gasteiger partial charge is 0.237 e. The Morgan fingerprint density at radius 2 is 2.12 bits per heavy atom. The molecule has 0 spiro atoms. The molecule has 6 heteroatoms. The van der Waals surface area contributed by atoms with E-state index in [1.165, 1.54) is 11.1 Å². The fourth-order valence-electron chi connectivity index (χ4n) is 3.37. The number of amides is 2. The molecule has 0 radical (unpaired) electrons. The van der Waals surface area contributed by atoms with Crippen LogP contribution in [0.5, 0.6) is 0 Å². The van der Waals surface area contributed by atoms with Crippen molar-refractivity contribution in [3.8, 4) is 0 Å². The molecule has 2 amide bonds. The molecule has 1 aliphatic heterocycles. The summed E-state index contributed by atoms with van der Waals surface area (Å²) in [4.78, 5) is 29.1. The van der Waals surface area contributed by atoms with Crippen LogP contribution >= 0.6 is 0 Å². The third-order valence-electron chi connectivity index (χ3n) is 4.95. The molecule has 1 aromatic carbocycles.